The number of para-hydroxylation sites is 1. The van der Waals surface area contributed by atoms with E-state index in [1.807, 2.05) is 32.0 Å². The lowest BCUT2D eigenvalue weighted by atomic mass is 9.70. The summed E-state index contributed by atoms with van der Waals surface area (Å²) in [6.07, 6.45) is 6.67. The van der Waals surface area contributed by atoms with Crippen LogP contribution in [0.15, 0.2) is 43.5 Å². The molecule has 2 amide bonds. The molecule has 3 unspecified atom stereocenters. The van der Waals surface area contributed by atoms with Gasteiger partial charge in [0, 0.05) is 30.2 Å². The number of amides is 2. The van der Waals surface area contributed by atoms with Crippen molar-refractivity contribution in [1.29, 1.82) is 0 Å². The lowest BCUT2D eigenvalue weighted by Crippen LogP contribution is -2.57. The number of carbonyl (C=O) groups excluding carboxylic acids is 3. The molecule has 1 aromatic rings. The Morgan fingerprint density at radius 1 is 1.20 bits per heavy atom. The number of ether oxygens (including phenoxy) is 2. The molecule has 8 nitrogen and oxygen atoms in total. The highest BCUT2D eigenvalue weighted by Crippen LogP contribution is 2.60. The minimum atomic E-state index is -1.15. The summed E-state index contributed by atoms with van der Waals surface area (Å²) in [5, 5.41) is 9.27. The van der Waals surface area contributed by atoms with E-state index >= 15 is 0 Å². The number of aryl methyl sites for hydroxylation is 2. The smallest absolute Gasteiger partial charge is 0.312 e. The highest BCUT2D eigenvalue weighted by Gasteiger charge is 2.77. The molecule has 3 aliphatic rings. The van der Waals surface area contributed by atoms with E-state index in [9.17, 15) is 19.5 Å². The number of anilines is 1. The molecule has 3 aliphatic heterocycles. The van der Waals surface area contributed by atoms with Crippen LogP contribution in [0.5, 0.6) is 0 Å². The lowest BCUT2D eigenvalue weighted by molar-refractivity contribution is -0.155. The Morgan fingerprint density at radius 2 is 1.93 bits per heavy atom. The zero-order valence-electron chi connectivity index (χ0n) is 23.5. The molecule has 3 fully saturated rings. The number of esters is 1. The number of alkyl halides is 1. The molecule has 3 heterocycles. The van der Waals surface area contributed by atoms with Gasteiger partial charge in [0.05, 0.1) is 24.5 Å². The van der Waals surface area contributed by atoms with E-state index in [0.29, 0.717) is 38.6 Å². The van der Waals surface area contributed by atoms with E-state index in [1.54, 1.807) is 22.0 Å². The van der Waals surface area contributed by atoms with Crippen molar-refractivity contribution in [2.75, 3.05) is 31.2 Å². The van der Waals surface area contributed by atoms with Crippen LogP contribution in [0.25, 0.3) is 0 Å². The van der Waals surface area contributed by atoms with Gasteiger partial charge >= 0.3 is 5.97 Å². The number of fused-ring (bicyclic) bond motifs is 1. The third-order valence-corrected chi connectivity index (χ3v) is 9.28. The number of likely N-dealkylation sites (tertiary alicyclic amines) is 1. The van der Waals surface area contributed by atoms with E-state index in [4.69, 9.17) is 9.47 Å². The Balaban J connectivity index is 1.73. The second kappa shape index (κ2) is 13.0. The number of rotatable bonds is 14. The molecule has 3 saturated heterocycles. The minimum Gasteiger partial charge on any atom is -0.465 e. The van der Waals surface area contributed by atoms with E-state index in [0.717, 1.165) is 23.2 Å². The normalized spacial score (nSPS) is 28.4. The molecular formula is C31H41BrN2O6. The summed E-state index contributed by atoms with van der Waals surface area (Å²) in [7, 11) is 0. The SMILES string of the molecule is C=CCCCOC(=O)[C@H]1[C@H]2C(=O)N(CCCCCO)C(C(=O)N(CC=C)c3c(C)cccc3C)C23CC(Br)[C@@H]1O3. The number of halogens is 1. The van der Waals surface area contributed by atoms with Gasteiger partial charge in [0.25, 0.3) is 5.91 Å². The van der Waals surface area contributed by atoms with E-state index in [2.05, 4.69) is 29.1 Å². The summed E-state index contributed by atoms with van der Waals surface area (Å²) in [5.74, 6) is -2.52. The van der Waals surface area contributed by atoms with Crippen LogP contribution in [0, 0.1) is 25.7 Å². The number of aliphatic hydroxyl groups excluding tert-OH is 1. The van der Waals surface area contributed by atoms with Gasteiger partial charge < -0.3 is 24.4 Å². The van der Waals surface area contributed by atoms with Crippen LogP contribution in [-0.4, -0.2) is 76.7 Å². The maximum absolute atomic E-state index is 14.7. The fraction of sp³-hybridized carbons (Fsp3) is 0.581. The molecule has 0 saturated carbocycles. The van der Waals surface area contributed by atoms with Crippen molar-refractivity contribution < 1.29 is 29.0 Å². The van der Waals surface area contributed by atoms with Crippen molar-refractivity contribution in [2.45, 2.75) is 74.9 Å². The van der Waals surface area contributed by atoms with Crippen LogP contribution in [0.4, 0.5) is 5.69 Å². The Morgan fingerprint density at radius 3 is 2.58 bits per heavy atom. The molecule has 218 valence electrons. The largest absolute Gasteiger partial charge is 0.465 e. The summed E-state index contributed by atoms with van der Waals surface area (Å²) < 4.78 is 12.2. The quantitative estimate of drug-likeness (QED) is 0.145. The molecule has 2 bridgehead atoms. The number of allylic oxidation sites excluding steroid dienone is 1. The third-order valence-electron chi connectivity index (χ3n) is 8.44. The first-order chi connectivity index (χ1) is 19.2. The minimum absolute atomic E-state index is 0.0678. The van der Waals surface area contributed by atoms with Crippen LogP contribution in [-0.2, 0) is 23.9 Å². The predicted molar refractivity (Wildman–Crippen MR) is 157 cm³/mol. The van der Waals surface area contributed by atoms with E-state index in [-0.39, 0.29) is 36.4 Å². The van der Waals surface area contributed by atoms with Crippen LogP contribution >= 0.6 is 15.9 Å². The molecule has 0 aromatic heterocycles. The van der Waals surface area contributed by atoms with Gasteiger partial charge in [-0.3, -0.25) is 14.4 Å². The van der Waals surface area contributed by atoms with Crippen LogP contribution in [0.3, 0.4) is 0 Å². The molecule has 0 radical (unpaired) electrons. The van der Waals surface area contributed by atoms with Crippen LogP contribution < -0.4 is 4.90 Å². The van der Waals surface area contributed by atoms with Crippen molar-refractivity contribution in [3.05, 3.63) is 54.6 Å². The molecular weight excluding hydrogens is 576 g/mol. The zero-order chi connectivity index (χ0) is 29.0. The van der Waals surface area contributed by atoms with Gasteiger partial charge in [0.15, 0.2) is 0 Å². The average molecular weight is 618 g/mol. The van der Waals surface area contributed by atoms with Gasteiger partial charge in [-0.1, -0.05) is 46.3 Å². The summed E-state index contributed by atoms with van der Waals surface area (Å²) >= 11 is 3.71. The van der Waals surface area contributed by atoms with Crippen LogP contribution in [0.1, 0.15) is 49.7 Å². The molecule has 4 rings (SSSR count). The molecule has 9 heteroatoms. The van der Waals surface area contributed by atoms with E-state index < -0.39 is 35.6 Å². The Bertz CT molecular complexity index is 1120. The number of nitrogens with zero attached hydrogens (tertiary/aromatic N) is 2. The first kappa shape index (κ1) is 30.5. The van der Waals surface area contributed by atoms with Crippen molar-refractivity contribution in [2.24, 2.45) is 11.8 Å². The molecule has 1 aromatic carbocycles. The molecule has 40 heavy (non-hydrogen) atoms. The fourth-order valence-electron chi connectivity index (χ4n) is 6.79. The number of carbonyl (C=O) groups is 3. The van der Waals surface area contributed by atoms with Crippen molar-refractivity contribution in [1.82, 2.24) is 4.90 Å². The topological polar surface area (TPSA) is 96.4 Å². The Hall–Kier alpha value is -2.49. The second-order valence-corrected chi connectivity index (χ2v) is 12.2. The zero-order valence-corrected chi connectivity index (χ0v) is 25.1. The highest BCUT2D eigenvalue weighted by atomic mass is 79.9. The van der Waals surface area contributed by atoms with Crippen LogP contribution in [0.2, 0.25) is 0 Å². The third kappa shape index (κ3) is 5.40. The van der Waals surface area contributed by atoms with Crippen molar-refractivity contribution >= 4 is 39.4 Å². The predicted octanol–water partition coefficient (Wildman–Crippen LogP) is 4.24. The number of hydrogen-bond acceptors (Lipinski definition) is 6. The van der Waals surface area contributed by atoms with E-state index in [1.165, 1.54) is 0 Å². The summed E-state index contributed by atoms with van der Waals surface area (Å²) in [6, 6.07) is 4.98. The number of benzene rings is 1. The van der Waals surface area contributed by atoms with Gasteiger partial charge in [-0.2, -0.15) is 0 Å². The maximum atomic E-state index is 14.7. The summed E-state index contributed by atoms with van der Waals surface area (Å²) in [6.45, 7) is 12.4. The van der Waals surface area contributed by atoms with Crippen molar-refractivity contribution in [3.63, 3.8) is 0 Å². The Kier molecular flexibility index (Phi) is 9.90. The number of hydrogen-bond donors (Lipinski definition) is 1. The van der Waals surface area contributed by atoms with Gasteiger partial charge in [-0.25, -0.2) is 0 Å². The second-order valence-electron chi connectivity index (χ2n) is 11.1. The summed E-state index contributed by atoms with van der Waals surface area (Å²) in [5.41, 5.74) is 1.53. The van der Waals surface area contributed by atoms with Gasteiger partial charge in [-0.05, 0) is 63.5 Å². The average Bonchev–Trinajstić information content (AvgIpc) is 3.51. The maximum Gasteiger partial charge on any atom is 0.312 e. The van der Waals surface area contributed by atoms with Gasteiger partial charge in [0.1, 0.15) is 11.6 Å². The monoisotopic (exact) mass is 616 g/mol. The summed E-state index contributed by atoms with van der Waals surface area (Å²) in [4.78, 5) is 45.4. The highest BCUT2D eigenvalue weighted by molar-refractivity contribution is 9.09. The molecule has 6 atom stereocenters. The standard InChI is InChI=1S/C31H41BrN2O6/c1-5-7-11-18-39-30(38)23-24-28(36)34(16-9-8-10-17-35)27(31(24)19-22(32)26(23)40-31)29(37)33(15-6-2)25-20(3)13-12-14-21(25)4/h5-6,12-14,22-24,26-27,35H,1-2,7-11,15-19H2,3-4H3/t22?,23-,24-,26-,27?,31?/m0/s1. The molecule has 1 N–H and O–H groups in total. The number of aliphatic hydroxyl groups is 1. The van der Waals surface area contributed by atoms with Crippen molar-refractivity contribution in [3.8, 4) is 0 Å². The molecule has 1 spiro atoms. The lowest BCUT2D eigenvalue weighted by Gasteiger charge is -2.37. The first-order valence-electron chi connectivity index (χ1n) is 14.2. The number of unbranched alkanes of at least 4 members (excludes halogenated alkanes) is 3. The first-order valence-corrected chi connectivity index (χ1v) is 15.1. The Labute approximate surface area is 245 Å². The fourth-order valence-corrected chi connectivity index (χ4v) is 7.73. The van der Waals surface area contributed by atoms with Gasteiger partial charge in [-0.15, -0.1) is 13.2 Å². The molecule has 0 aliphatic carbocycles. The van der Waals surface area contributed by atoms with Gasteiger partial charge in [0.2, 0.25) is 5.91 Å².